The molecule has 0 radical (unpaired) electrons. The van der Waals surface area contributed by atoms with Crippen LogP contribution in [0.25, 0.3) is 0 Å². The lowest BCUT2D eigenvalue weighted by atomic mass is 9.75. The predicted octanol–water partition coefficient (Wildman–Crippen LogP) is 4.21. The first-order valence-corrected chi connectivity index (χ1v) is 8.26. The average Bonchev–Trinajstić information content (AvgIpc) is 2.34. The maximum absolute atomic E-state index is 11.9. The van der Waals surface area contributed by atoms with Crippen LogP contribution in [0.2, 0.25) is 0 Å². The highest BCUT2D eigenvalue weighted by Gasteiger charge is 2.39. The first-order chi connectivity index (χ1) is 10.1. The third-order valence-corrected chi connectivity index (χ3v) is 3.67. The van der Waals surface area contributed by atoms with Crippen molar-refractivity contribution in [3.8, 4) is 0 Å². The number of hydrogen-bond acceptors (Lipinski definition) is 3. The van der Waals surface area contributed by atoms with Gasteiger partial charge in [-0.1, -0.05) is 40.0 Å². The summed E-state index contributed by atoms with van der Waals surface area (Å²) < 4.78 is 5.20. The predicted molar refractivity (Wildman–Crippen MR) is 87.9 cm³/mol. The van der Waals surface area contributed by atoms with Gasteiger partial charge < -0.3 is 15.2 Å². The highest BCUT2D eigenvalue weighted by atomic mass is 16.6. The average molecular weight is 315 g/mol. The van der Waals surface area contributed by atoms with Crippen molar-refractivity contribution in [2.24, 2.45) is 11.3 Å². The Balaban J connectivity index is 4.92. The van der Waals surface area contributed by atoms with Crippen LogP contribution in [0.15, 0.2) is 0 Å². The van der Waals surface area contributed by atoms with Crippen LogP contribution < -0.4 is 5.32 Å². The summed E-state index contributed by atoms with van der Waals surface area (Å²) in [6.07, 6.45) is 3.35. The van der Waals surface area contributed by atoms with Crippen molar-refractivity contribution in [1.29, 1.82) is 0 Å². The first-order valence-electron chi connectivity index (χ1n) is 8.26. The number of amides is 1. The molecule has 130 valence electrons. The fourth-order valence-electron chi connectivity index (χ4n) is 2.83. The smallest absolute Gasteiger partial charge is 0.407 e. The number of aliphatic carboxylic acids is 1. The summed E-state index contributed by atoms with van der Waals surface area (Å²) >= 11 is 0. The Morgan fingerprint density at radius 2 is 1.77 bits per heavy atom. The molecule has 0 heterocycles. The number of hydrogen-bond donors (Lipinski definition) is 2. The van der Waals surface area contributed by atoms with Gasteiger partial charge in [0.05, 0.1) is 5.41 Å². The molecule has 1 amide bonds. The second kappa shape index (κ2) is 9.01. The van der Waals surface area contributed by atoms with Crippen molar-refractivity contribution in [2.45, 2.75) is 79.2 Å². The summed E-state index contributed by atoms with van der Waals surface area (Å²) in [6.45, 7) is 11.6. The number of carbonyl (C=O) groups is 2. The van der Waals surface area contributed by atoms with Gasteiger partial charge in [-0.05, 0) is 39.5 Å². The quantitative estimate of drug-likeness (QED) is 0.668. The van der Waals surface area contributed by atoms with Gasteiger partial charge in [0.25, 0.3) is 0 Å². The molecule has 5 nitrogen and oxygen atoms in total. The van der Waals surface area contributed by atoms with Gasteiger partial charge in [0.15, 0.2) is 0 Å². The molecule has 0 spiro atoms. The largest absolute Gasteiger partial charge is 0.481 e. The number of nitrogens with one attached hydrogen (secondary N) is 1. The van der Waals surface area contributed by atoms with E-state index in [4.69, 9.17) is 4.74 Å². The number of ether oxygens (including phenoxy) is 1. The van der Waals surface area contributed by atoms with Crippen molar-refractivity contribution in [3.63, 3.8) is 0 Å². The van der Waals surface area contributed by atoms with E-state index in [0.717, 1.165) is 19.3 Å². The van der Waals surface area contributed by atoms with Gasteiger partial charge in [0.1, 0.15) is 5.60 Å². The zero-order valence-corrected chi connectivity index (χ0v) is 15.0. The molecule has 0 bridgehead atoms. The number of rotatable bonds is 9. The molecule has 0 saturated carbocycles. The van der Waals surface area contributed by atoms with E-state index in [1.807, 2.05) is 6.92 Å². The van der Waals surface area contributed by atoms with E-state index in [9.17, 15) is 14.7 Å². The van der Waals surface area contributed by atoms with Crippen LogP contribution in [0.5, 0.6) is 0 Å². The molecule has 22 heavy (non-hydrogen) atoms. The Labute approximate surface area is 134 Å². The molecule has 2 atom stereocenters. The minimum absolute atomic E-state index is 0.110. The maximum Gasteiger partial charge on any atom is 0.407 e. The standard InChI is InChI=1S/C17H33NO4/c1-7-9-13(3)11-17(10-8-2,14(19)20)12-18-15(21)22-16(4,5)6/h13H,7-12H2,1-6H3,(H,18,21)(H,19,20). The Hall–Kier alpha value is -1.26. The van der Waals surface area contributed by atoms with Crippen LogP contribution in [0.1, 0.15) is 73.6 Å². The van der Waals surface area contributed by atoms with Crippen molar-refractivity contribution in [2.75, 3.05) is 6.54 Å². The van der Waals surface area contributed by atoms with Gasteiger partial charge in [-0.2, -0.15) is 0 Å². The second-order valence-electron chi connectivity index (χ2n) is 7.29. The molecule has 0 aromatic heterocycles. The van der Waals surface area contributed by atoms with Gasteiger partial charge in [-0.3, -0.25) is 4.79 Å². The highest BCUT2D eigenvalue weighted by molar-refractivity contribution is 5.76. The van der Waals surface area contributed by atoms with Gasteiger partial charge >= 0.3 is 12.1 Å². The van der Waals surface area contributed by atoms with Gasteiger partial charge in [-0.15, -0.1) is 0 Å². The van der Waals surface area contributed by atoms with E-state index in [1.54, 1.807) is 20.8 Å². The summed E-state index contributed by atoms with van der Waals surface area (Å²) in [5, 5.41) is 12.4. The highest BCUT2D eigenvalue weighted by Crippen LogP contribution is 2.33. The molecule has 2 N–H and O–H groups in total. The Morgan fingerprint density at radius 3 is 2.18 bits per heavy atom. The van der Waals surface area contributed by atoms with Gasteiger partial charge in [-0.25, -0.2) is 4.79 Å². The van der Waals surface area contributed by atoms with Crippen LogP contribution in [0, 0.1) is 11.3 Å². The maximum atomic E-state index is 11.9. The number of carbonyl (C=O) groups excluding carboxylic acids is 1. The lowest BCUT2D eigenvalue weighted by Crippen LogP contribution is -2.45. The third kappa shape index (κ3) is 7.66. The molecule has 0 aliphatic rings. The molecule has 0 rings (SSSR count). The number of carboxylic acid groups (broad SMARTS) is 1. The lowest BCUT2D eigenvalue weighted by Gasteiger charge is -2.32. The van der Waals surface area contributed by atoms with Crippen LogP contribution in [-0.2, 0) is 9.53 Å². The van der Waals surface area contributed by atoms with Crippen LogP contribution in [-0.4, -0.2) is 29.3 Å². The zero-order chi connectivity index (χ0) is 17.4. The molecule has 0 aromatic rings. The molecule has 0 aliphatic heterocycles. The van der Waals surface area contributed by atoms with Crippen LogP contribution in [0.4, 0.5) is 4.79 Å². The van der Waals surface area contributed by atoms with E-state index in [-0.39, 0.29) is 6.54 Å². The molecule has 5 heteroatoms. The summed E-state index contributed by atoms with van der Waals surface area (Å²) in [6, 6.07) is 0. The third-order valence-electron chi connectivity index (χ3n) is 3.67. The minimum Gasteiger partial charge on any atom is -0.481 e. The van der Waals surface area contributed by atoms with Gasteiger partial charge in [0.2, 0.25) is 0 Å². The molecular weight excluding hydrogens is 282 g/mol. The minimum atomic E-state index is -0.916. The second-order valence-corrected chi connectivity index (χ2v) is 7.29. The molecular formula is C17H33NO4. The molecule has 2 unspecified atom stereocenters. The number of alkyl carbamates (subject to hydrolysis) is 1. The fourth-order valence-corrected chi connectivity index (χ4v) is 2.83. The normalized spacial score (nSPS) is 15.7. The topological polar surface area (TPSA) is 75.6 Å². The van der Waals surface area contributed by atoms with Crippen LogP contribution >= 0.6 is 0 Å². The SMILES string of the molecule is CCCC(C)CC(CCC)(CNC(=O)OC(C)(C)C)C(=O)O. The summed E-state index contributed by atoms with van der Waals surface area (Å²) in [7, 11) is 0. The monoisotopic (exact) mass is 315 g/mol. The first kappa shape index (κ1) is 20.7. The van der Waals surface area contributed by atoms with E-state index in [0.29, 0.717) is 18.8 Å². The number of carboxylic acids is 1. The lowest BCUT2D eigenvalue weighted by molar-refractivity contribution is -0.150. The zero-order valence-electron chi connectivity index (χ0n) is 15.0. The van der Waals surface area contributed by atoms with Crippen LogP contribution in [0.3, 0.4) is 0 Å². The Morgan fingerprint density at radius 1 is 1.18 bits per heavy atom. The molecule has 0 aromatic carbocycles. The van der Waals surface area contributed by atoms with Crippen molar-refractivity contribution >= 4 is 12.1 Å². The van der Waals surface area contributed by atoms with E-state index in [2.05, 4.69) is 19.2 Å². The van der Waals surface area contributed by atoms with Gasteiger partial charge in [0, 0.05) is 6.54 Å². The Bertz CT molecular complexity index is 362. The van der Waals surface area contributed by atoms with E-state index in [1.165, 1.54) is 0 Å². The summed E-state index contributed by atoms with van der Waals surface area (Å²) in [4.78, 5) is 23.7. The van der Waals surface area contributed by atoms with Crippen molar-refractivity contribution < 1.29 is 19.4 Å². The molecule has 0 saturated heterocycles. The summed E-state index contributed by atoms with van der Waals surface area (Å²) in [5.41, 5.74) is -1.50. The fraction of sp³-hybridized carbons (Fsp3) is 0.882. The van der Waals surface area contributed by atoms with E-state index < -0.39 is 23.1 Å². The molecule has 0 fully saturated rings. The summed E-state index contributed by atoms with van der Waals surface area (Å²) in [5.74, 6) is -0.526. The van der Waals surface area contributed by atoms with Crippen molar-refractivity contribution in [3.05, 3.63) is 0 Å². The van der Waals surface area contributed by atoms with E-state index >= 15 is 0 Å². The Kier molecular flexibility index (Phi) is 8.49. The molecule has 0 aliphatic carbocycles. The van der Waals surface area contributed by atoms with Crippen molar-refractivity contribution in [1.82, 2.24) is 5.32 Å².